The highest BCUT2D eigenvalue weighted by Crippen LogP contribution is 1.99. The summed E-state index contributed by atoms with van der Waals surface area (Å²) in [5.41, 5.74) is 0. The quantitative estimate of drug-likeness (QED) is 0.513. The zero-order chi connectivity index (χ0) is 10.5. The molecule has 14 heavy (non-hydrogen) atoms. The van der Waals surface area contributed by atoms with Gasteiger partial charge in [-0.2, -0.15) is 11.8 Å². The molecule has 0 aliphatic heterocycles. The van der Waals surface area contributed by atoms with Crippen LogP contribution in [0.4, 0.5) is 0 Å². The number of hydrogen-bond acceptors (Lipinski definition) is 4. The van der Waals surface area contributed by atoms with Crippen molar-refractivity contribution in [1.29, 1.82) is 0 Å². The molecule has 0 fully saturated rings. The number of thioether (sulfide) groups is 1. The second kappa shape index (κ2) is 13.2. The monoisotopic (exact) mass is 221 g/mol. The third-order valence-electron chi connectivity index (χ3n) is 1.64. The number of nitrogens with one attached hydrogen (secondary N) is 1. The molecule has 0 heterocycles. The van der Waals surface area contributed by atoms with Gasteiger partial charge in [0.15, 0.2) is 0 Å². The zero-order valence-electron chi connectivity index (χ0n) is 9.13. The maximum atomic E-state index is 8.54. The van der Waals surface area contributed by atoms with Crippen molar-refractivity contribution in [2.75, 3.05) is 44.4 Å². The molecule has 86 valence electrons. The van der Waals surface area contributed by atoms with E-state index in [4.69, 9.17) is 9.84 Å². The highest BCUT2D eigenvalue weighted by atomic mass is 32.2. The first kappa shape index (κ1) is 14.2. The molecule has 0 aliphatic rings. The Hall–Kier alpha value is 0.230. The second-order valence-corrected chi connectivity index (χ2v) is 4.28. The molecule has 0 rings (SSSR count). The first-order chi connectivity index (χ1) is 6.91. The van der Waals surface area contributed by atoms with Crippen LogP contribution in [0.2, 0.25) is 0 Å². The van der Waals surface area contributed by atoms with Crippen LogP contribution < -0.4 is 5.32 Å². The minimum Gasteiger partial charge on any atom is -0.396 e. The van der Waals surface area contributed by atoms with Gasteiger partial charge in [0, 0.05) is 32.1 Å². The number of aliphatic hydroxyl groups is 1. The highest BCUT2D eigenvalue weighted by Gasteiger charge is 1.90. The lowest BCUT2D eigenvalue weighted by Crippen LogP contribution is -2.22. The predicted octanol–water partition coefficient (Wildman–Crippen LogP) is 1.12. The van der Waals surface area contributed by atoms with Gasteiger partial charge in [0.25, 0.3) is 0 Å². The molecule has 0 atom stereocenters. The summed E-state index contributed by atoms with van der Waals surface area (Å²) in [6, 6.07) is 0. The van der Waals surface area contributed by atoms with Crippen LogP contribution in [0.25, 0.3) is 0 Å². The summed E-state index contributed by atoms with van der Waals surface area (Å²) in [4.78, 5) is 0. The lowest BCUT2D eigenvalue weighted by molar-refractivity contribution is 0.137. The van der Waals surface area contributed by atoms with Gasteiger partial charge in [0.2, 0.25) is 0 Å². The van der Waals surface area contributed by atoms with Crippen molar-refractivity contribution in [3.05, 3.63) is 0 Å². The summed E-state index contributed by atoms with van der Waals surface area (Å²) in [7, 11) is 0. The summed E-state index contributed by atoms with van der Waals surface area (Å²) < 4.78 is 5.33. The molecule has 0 aromatic rings. The molecule has 4 heteroatoms. The largest absolute Gasteiger partial charge is 0.396 e. The predicted molar refractivity (Wildman–Crippen MR) is 63.0 cm³/mol. The van der Waals surface area contributed by atoms with E-state index >= 15 is 0 Å². The van der Waals surface area contributed by atoms with Crippen LogP contribution in [0.1, 0.15) is 19.8 Å². The molecule has 0 bridgehead atoms. The van der Waals surface area contributed by atoms with Gasteiger partial charge in [-0.05, 0) is 18.6 Å². The smallest absolute Gasteiger partial charge is 0.0590 e. The summed E-state index contributed by atoms with van der Waals surface area (Å²) >= 11 is 1.88. The minimum atomic E-state index is 0.311. The molecule has 0 amide bonds. The van der Waals surface area contributed by atoms with Crippen molar-refractivity contribution in [3.63, 3.8) is 0 Å². The van der Waals surface area contributed by atoms with Gasteiger partial charge in [0.1, 0.15) is 0 Å². The Balaban J connectivity index is 2.78. The fourth-order valence-electron chi connectivity index (χ4n) is 0.929. The van der Waals surface area contributed by atoms with Crippen molar-refractivity contribution >= 4 is 11.8 Å². The second-order valence-electron chi connectivity index (χ2n) is 3.05. The number of ether oxygens (including phenoxy) is 1. The minimum absolute atomic E-state index is 0.311. The number of rotatable bonds is 11. The topological polar surface area (TPSA) is 41.5 Å². The van der Waals surface area contributed by atoms with E-state index in [0.717, 1.165) is 50.7 Å². The van der Waals surface area contributed by atoms with Crippen LogP contribution in [0, 0.1) is 0 Å². The third-order valence-corrected chi connectivity index (χ3v) is 2.71. The van der Waals surface area contributed by atoms with E-state index in [2.05, 4.69) is 12.2 Å². The van der Waals surface area contributed by atoms with Crippen molar-refractivity contribution in [3.8, 4) is 0 Å². The Morgan fingerprint density at radius 2 is 2.07 bits per heavy atom. The number of hydrogen-bond donors (Lipinski definition) is 2. The standard InChI is InChI=1S/C10H23NO2S/c1-2-7-13-8-4-11-5-10-14-9-3-6-12/h11-12H,2-10H2,1H3. The van der Waals surface area contributed by atoms with Gasteiger partial charge in [-0.25, -0.2) is 0 Å². The zero-order valence-corrected chi connectivity index (χ0v) is 9.94. The van der Waals surface area contributed by atoms with Crippen LogP contribution in [0.5, 0.6) is 0 Å². The van der Waals surface area contributed by atoms with Gasteiger partial charge >= 0.3 is 0 Å². The molecular formula is C10H23NO2S. The van der Waals surface area contributed by atoms with Crippen molar-refractivity contribution in [2.45, 2.75) is 19.8 Å². The molecule has 0 saturated carbocycles. The molecule has 0 aromatic carbocycles. The fourth-order valence-corrected chi connectivity index (χ4v) is 1.75. The average molecular weight is 221 g/mol. The van der Waals surface area contributed by atoms with Gasteiger partial charge in [0.05, 0.1) is 6.61 Å². The molecule has 0 aromatic heterocycles. The molecule has 0 spiro atoms. The normalized spacial score (nSPS) is 10.7. The van der Waals surface area contributed by atoms with Crippen molar-refractivity contribution < 1.29 is 9.84 Å². The van der Waals surface area contributed by atoms with E-state index in [-0.39, 0.29) is 0 Å². The number of aliphatic hydroxyl groups excluding tert-OH is 1. The molecule has 0 aliphatic carbocycles. The van der Waals surface area contributed by atoms with E-state index in [1.165, 1.54) is 0 Å². The molecule has 0 saturated heterocycles. The van der Waals surface area contributed by atoms with Crippen LogP contribution in [0.3, 0.4) is 0 Å². The van der Waals surface area contributed by atoms with Crippen LogP contribution in [0.15, 0.2) is 0 Å². The van der Waals surface area contributed by atoms with Gasteiger partial charge in [-0.3, -0.25) is 0 Å². The summed E-state index contributed by atoms with van der Waals surface area (Å²) in [6.07, 6.45) is 2.00. The molecule has 2 N–H and O–H groups in total. The Labute approximate surface area is 91.6 Å². The van der Waals surface area contributed by atoms with Gasteiger partial charge in [-0.15, -0.1) is 0 Å². The van der Waals surface area contributed by atoms with E-state index < -0.39 is 0 Å². The van der Waals surface area contributed by atoms with Crippen molar-refractivity contribution in [1.82, 2.24) is 5.32 Å². The first-order valence-corrected chi connectivity index (χ1v) is 6.54. The maximum Gasteiger partial charge on any atom is 0.0590 e. The molecule has 3 nitrogen and oxygen atoms in total. The average Bonchev–Trinajstić information content (AvgIpc) is 2.21. The molecule has 0 unspecified atom stereocenters. The van der Waals surface area contributed by atoms with Crippen LogP contribution in [-0.4, -0.2) is 49.5 Å². The Kier molecular flexibility index (Phi) is 13.4. The fraction of sp³-hybridized carbons (Fsp3) is 1.00. The first-order valence-electron chi connectivity index (χ1n) is 5.39. The van der Waals surface area contributed by atoms with E-state index in [9.17, 15) is 0 Å². The van der Waals surface area contributed by atoms with Gasteiger partial charge < -0.3 is 15.2 Å². The van der Waals surface area contributed by atoms with E-state index in [0.29, 0.717) is 6.61 Å². The van der Waals surface area contributed by atoms with Gasteiger partial charge in [-0.1, -0.05) is 6.92 Å². The summed E-state index contributed by atoms with van der Waals surface area (Å²) in [5.74, 6) is 2.18. The molecular weight excluding hydrogens is 198 g/mol. The summed E-state index contributed by atoms with van der Waals surface area (Å²) in [6.45, 7) is 6.09. The Morgan fingerprint density at radius 3 is 2.79 bits per heavy atom. The molecule has 0 radical (unpaired) electrons. The Morgan fingerprint density at radius 1 is 1.21 bits per heavy atom. The van der Waals surface area contributed by atoms with E-state index in [1.807, 2.05) is 11.8 Å². The SMILES string of the molecule is CCCOCCNCCSCCCO. The van der Waals surface area contributed by atoms with Crippen LogP contribution in [-0.2, 0) is 4.74 Å². The van der Waals surface area contributed by atoms with Crippen molar-refractivity contribution in [2.24, 2.45) is 0 Å². The Bertz CT molecular complexity index is 92.1. The lowest BCUT2D eigenvalue weighted by Gasteiger charge is -2.04. The maximum absolute atomic E-state index is 8.54. The lowest BCUT2D eigenvalue weighted by atomic mass is 10.5. The summed E-state index contributed by atoms with van der Waals surface area (Å²) in [5, 5.41) is 11.9. The van der Waals surface area contributed by atoms with Crippen LogP contribution >= 0.6 is 11.8 Å². The third kappa shape index (κ3) is 12.2. The highest BCUT2D eigenvalue weighted by molar-refractivity contribution is 7.99. The van der Waals surface area contributed by atoms with E-state index in [1.54, 1.807) is 0 Å².